The fourth-order valence-corrected chi connectivity index (χ4v) is 2.16. The van der Waals surface area contributed by atoms with Gasteiger partial charge in [-0.25, -0.2) is 0 Å². The van der Waals surface area contributed by atoms with Crippen molar-refractivity contribution in [1.29, 1.82) is 0 Å². The summed E-state index contributed by atoms with van der Waals surface area (Å²) in [6.07, 6.45) is 8.46. The molecule has 0 saturated carbocycles. The molecule has 1 fully saturated rings. The molecule has 2 heteroatoms. The van der Waals surface area contributed by atoms with Gasteiger partial charge in [-0.2, -0.15) is 0 Å². The minimum absolute atomic E-state index is 0.211. The normalized spacial score (nSPS) is 34.4. The van der Waals surface area contributed by atoms with Crippen LogP contribution in [0.1, 0.15) is 5.56 Å². The summed E-state index contributed by atoms with van der Waals surface area (Å²) in [5, 5.41) is 0. The largest absolute Gasteiger partial charge is 0.449 e. The van der Waals surface area contributed by atoms with E-state index in [2.05, 4.69) is 18.2 Å². The number of hydrogen-bond acceptors (Lipinski definition) is 2. The molecule has 0 radical (unpaired) electrons. The summed E-state index contributed by atoms with van der Waals surface area (Å²) >= 11 is 0. The number of hydrogen-bond donors (Lipinski definition) is 0. The maximum atomic E-state index is 5.71. The number of benzene rings is 1. The number of fused-ring (bicyclic) bond motifs is 2. The van der Waals surface area contributed by atoms with E-state index in [1.165, 1.54) is 5.56 Å². The van der Waals surface area contributed by atoms with Crippen LogP contribution in [0.5, 0.6) is 11.5 Å². The third-order valence-corrected chi connectivity index (χ3v) is 3.00. The van der Waals surface area contributed by atoms with Crippen LogP contribution in [0.15, 0.2) is 42.5 Å². The minimum Gasteiger partial charge on any atom is -0.449 e. The van der Waals surface area contributed by atoms with Crippen LogP contribution in [-0.2, 0) is 10.3 Å². The Bertz CT molecular complexity index is 487. The van der Waals surface area contributed by atoms with Crippen molar-refractivity contribution < 1.29 is 9.47 Å². The van der Waals surface area contributed by atoms with Gasteiger partial charge in [0.15, 0.2) is 11.5 Å². The molecule has 1 aliphatic carbocycles. The van der Waals surface area contributed by atoms with Gasteiger partial charge < -0.3 is 9.47 Å². The molecule has 2 aliphatic heterocycles. The highest BCUT2D eigenvalue weighted by Crippen LogP contribution is 2.59. The average molecular weight is 184 g/mol. The molecule has 0 aromatic heterocycles. The predicted molar refractivity (Wildman–Crippen MR) is 51.3 cm³/mol. The molecule has 14 heavy (non-hydrogen) atoms. The van der Waals surface area contributed by atoms with Crippen LogP contribution in [0.3, 0.4) is 0 Å². The first kappa shape index (κ1) is 6.85. The quantitative estimate of drug-likeness (QED) is 0.636. The molecule has 2 atom stereocenters. The van der Waals surface area contributed by atoms with Gasteiger partial charge in [0.05, 0.1) is 0 Å². The van der Waals surface area contributed by atoms with E-state index >= 15 is 0 Å². The Morgan fingerprint density at radius 1 is 1.21 bits per heavy atom. The molecule has 0 amide bonds. The molecule has 1 aromatic rings. The van der Waals surface area contributed by atoms with E-state index < -0.39 is 0 Å². The molecule has 68 valence electrons. The van der Waals surface area contributed by atoms with Crippen LogP contribution < -0.4 is 4.74 Å². The van der Waals surface area contributed by atoms with Gasteiger partial charge in [0.1, 0.15) is 11.7 Å². The SMILES string of the molecule is C1=CC2OC2(c2cccc3c2O3)C=C1. The Kier molecular flexibility index (Phi) is 0.946. The lowest BCUT2D eigenvalue weighted by Gasteiger charge is -2.06. The highest BCUT2D eigenvalue weighted by Gasteiger charge is 2.58. The van der Waals surface area contributed by atoms with Crippen molar-refractivity contribution in [2.24, 2.45) is 0 Å². The molecular weight excluding hydrogens is 176 g/mol. The monoisotopic (exact) mass is 184 g/mol. The van der Waals surface area contributed by atoms with Gasteiger partial charge in [0.2, 0.25) is 0 Å². The van der Waals surface area contributed by atoms with Crippen molar-refractivity contribution in [3.8, 4) is 11.5 Å². The van der Waals surface area contributed by atoms with E-state index in [9.17, 15) is 0 Å². The zero-order valence-corrected chi connectivity index (χ0v) is 7.44. The van der Waals surface area contributed by atoms with Crippen LogP contribution in [0.4, 0.5) is 0 Å². The van der Waals surface area contributed by atoms with Gasteiger partial charge >= 0.3 is 0 Å². The summed E-state index contributed by atoms with van der Waals surface area (Å²) in [5.74, 6) is 2.00. The number of allylic oxidation sites excluding steroid dienone is 2. The predicted octanol–water partition coefficient (Wildman–Crippen LogP) is 2.51. The first-order chi connectivity index (χ1) is 6.90. The summed E-state index contributed by atoms with van der Waals surface area (Å²) in [7, 11) is 0. The third-order valence-electron chi connectivity index (χ3n) is 3.00. The van der Waals surface area contributed by atoms with Crippen LogP contribution in [0.25, 0.3) is 0 Å². The first-order valence-electron chi connectivity index (χ1n) is 4.75. The smallest absolute Gasteiger partial charge is 0.176 e. The fourth-order valence-electron chi connectivity index (χ4n) is 2.16. The molecule has 1 aromatic carbocycles. The molecule has 4 rings (SSSR count). The van der Waals surface area contributed by atoms with Crippen molar-refractivity contribution in [3.63, 3.8) is 0 Å². The maximum absolute atomic E-state index is 5.71. The van der Waals surface area contributed by atoms with Crippen LogP contribution >= 0.6 is 0 Å². The average Bonchev–Trinajstić information content (AvgIpc) is 3.11. The van der Waals surface area contributed by atoms with E-state index in [4.69, 9.17) is 9.47 Å². The van der Waals surface area contributed by atoms with Crippen molar-refractivity contribution >= 4 is 0 Å². The number of ether oxygens (including phenoxy) is 2. The summed E-state index contributed by atoms with van der Waals surface area (Å²) in [5.41, 5.74) is 0.956. The van der Waals surface area contributed by atoms with Gasteiger partial charge in [-0.3, -0.25) is 0 Å². The molecule has 0 bridgehead atoms. The van der Waals surface area contributed by atoms with Crippen molar-refractivity contribution in [3.05, 3.63) is 48.1 Å². The van der Waals surface area contributed by atoms with Gasteiger partial charge in [-0.05, 0) is 12.1 Å². The van der Waals surface area contributed by atoms with E-state index in [1.807, 2.05) is 24.3 Å². The number of epoxide rings is 1. The fraction of sp³-hybridized carbons (Fsp3) is 0.167. The molecule has 2 heterocycles. The molecular formula is C12H8O2. The van der Waals surface area contributed by atoms with E-state index in [0.717, 1.165) is 11.5 Å². The standard InChI is InChI=1S/C12H8O2/c1-2-7-12(10(6-1)14-12)8-4-3-5-9-11(8)13-9/h1-7,10H. The molecule has 2 unspecified atom stereocenters. The topological polar surface area (TPSA) is 25.1 Å². The van der Waals surface area contributed by atoms with Crippen LogP contribution in [0.2, 0.25) is 0 Å². The molecule has 2 nitrogen and oxygen atoms in total. The first-order valence-corrected chi connectivity index (χ1v) is 4.75. The zero-order valence-electron chi connectivity index (χ0n) is 7.44. The maximum Gasteiger partial charge on any atom is 0.176 e. The van der Waals surface area contributed by atoms with E-state index in [0.29, 0.717) is 0 Å². The van der Waals surface area contributed by atoms with E-state index in [-0.39, 0.29) is 11.7 Å². The summed E-state index contributed by atoms with van der Waals surface area (Å²) in [4.78, 5) is 0. The number of para-hydroxylation sites is 1. The lowest BCUT2D eigenvalue weighted by molar-refractivity contribution is 0.345. The lowest BCUT2D eigenvalue weighted by Crippen LogP contribution is -2.09. The molecule has 0 spiro atoms. The summed E-state index contributed by atoms with van der Waals surface area (Å²) in [6.45, 7) is 0. The van der Waals surface area contributed by atoms with E-state index in [1.54, 1.807) is 0 Å². The number of rotatable bonds is 1. The second kappa shape index (κ2) is 1.93. The second-order valence-electron chi connectivity index (χ2n) is 3.81. The summed E-state index contributed by atoms with van der Waals surface area (Å²) < 4.78 is 11.1. The second-order valence-corrected chi connectivity index (χ2v) is 3.81. The van der Waals surface area contributed by atoms with Crippen molar-refractivity contribution in [1.82, 2.24) is 0 Å². The highest BCUT2D eigenvalue weighted by molar-refractivity contribution is 5.64. The van der Waals surface area contributed by atoms with Gasteiger partial charge in [0, 0.05) is 5.56 Å². The van der Waals surface area contributed by atoms with Gasteiger partial charge in [-0.1, -0.05) is 30.4 Å². The third kappa shape index (κ3) is 0.667. The van der Waals surface area contributed by atoms with Gasteiger partial charge in [-0.15, -0.1) is 0 Å². The highest BCUT2D eigenvalue weighted by atomic mass is 16.6. The Morgan fingerprint density at radius 3 is 3.14 bits per heavy atom. The van der Waals surface area contributed by atoms with Gasteiger partial charge in [0.25, 0.3) is 0 Å². The molecule has 3 aliphatic rings. The van der Waals surface area contributed by atoms with Crippen LogP contribution in [0, 0.1) is 0 Å². The van der Waals surface area contributed by atoms with Crippen molar-refractivity contribution in [2.45, 2.75) is 11.7 Å². The lowest BCUT2D eigenvalue weighted by atomic mass is 9.92. The summed E-state index contributed by atoms with van der Waals surface area (Å²) in [6, 6.07) is 6.07. The molecule has 0 N–H and O–H groups in total. The molecule has 1 saturated heterocycles. The Balaban J connectivity index is 1.89. The zero-order chi connectivity index (χ0) is 9.17. The Labute approximate surface area is 81.5 Å². The minimum atomic E-state index is -0.212. The van der Waals surface area contributed by atoms with Crippen LogP contribution in [-0.4, -0.2) is 6.10 Å². The van der Waals surface area contributed by atoms with Crippen molar-refractivity contribution in [2.75, 3.05) is 0 Å². The Morgan fingerprint density at radius 2 is 2.21 bits per heavy atom. The Hall–Kier alpha value is -1.54.